The highest BCUT2D eigenvalue weighted by molar-refractivity contribution is 5.88. The van der Waals surface area contributed by atoms with Crippen molar-refractivity contribution in [1.29, 1.82) is 0 Å². The highest BCUT2D eigenvalue weighted by Crippen LogP contribution is 2.31. The Morgan fingerprint density at radius 1 is 1.06 bits per heavy atom. The second-order valence-corrected chi connectivity index (χ2v) is 4.67. The molecule has 82 valence electrons. The summed E-state index contributed by atoms with van der Waals surface area (Å²) in [6.07, 6.45) is 2.57. The van der Waals surface area contributed by atoms with E-state index in [1.807, 2.05) is 0 Å². The van der Waals surface area contributed by atoms with E-state index in [0.29, 0.717) is 6.04 Å². The first kappa shape index (κ1) is 9.86. The third-order valence-electron chi connectivity index (χ3n) is 3.61. The van der Waals surface area contributed by atoms with Gasteiger partial charge in [-0.05, 0) is 48.2 Å². The van der Waals surface area contributed by atoms with Crippen LogP contribution in [0.5, 0.6) is 0 Å². The third-order valence-corrected chi connectivity index (χ3v) is 3.61. The Balaban J connectivity index is 2.21. The first-order valence-corrected chi connectivity index (χ1v) is 6.08. The van der Waals surface area contributed by atoms with Gasteiger partial charge in [0, 0.05) is 6.04 Å². The van der Waals surface area contributed by atoms with Crippen LogP contribution < -0.4 is 5.32 Å². The molecule has 2 aromatic carbocycles. The predicted octanol–water partition coefficient (Wildman–Crippen LogP) is 3.57. The Bertz CT molecular complexity index is 510. The number of fused-ring (bicyclic) bond motifs is 1. The van der Waals surface area contributed by atoms with E-state index >= 15 is 0 Å². The van der Waals surface area contributed by atoms with Crippen molar-refractivity contribution in [2.24, 2.45) is 0 Å². The molecule has 16 heavy (non-hydrogen) atoms. The van der Waals surface area contributed by atoms with Crippen LogP contribution in [0.3, 0.4) is 0 Å². The molecule has 1 N–H and O–H groups in total. The van der Waals surface area contributed by atoms with Gasteiger partial charge in [-0.15, -0.1) is 0 Å². The van der Waals surface area contributed by atoms with Gasteiger partial charge in [-0.3, -0.25) is 0 Å². The summed E-state index contributed by atoms with van der Waals surface area (Å²) in [7, 11) is 0. The van der Waals surface area contributed by atoms with Gasteiger partial charge in [0.1, 0.15) is 0 Å². The van der Waals surface area contributed by atoms with Crippen molar-refractivity contribution in [3.05, 3.63) is 47.5 Å². The van der Waals surface area contributed by atoms with Gasteiger partial charge in [-0.25, -0.2) is 0 Å². The Morgan fingerprint density at radius 2 is 1.88 bits per heavy atom. The number of hydrogen-bond acceptors (Lipinski definition) is 1. The maximum Gasteiger partial charge on any atom is 0.0326 e. The lowest BCUT2D eigenvalue weighted by molar-refractivity contribution is 0.653. The first-order valence-electron chi connectivity index (χ1n) is 6.08. The fraction of sp³-hybridized carbons (Fsp3) is 0.333. The molecule has 1 saturated heterocycles. The summed E-state index contributed by atoms with van der Waals surface area (Å²) in [5.74, 6) is 0. The molecule has 0 aliphatic carbocycles. The zero-order chi connectivity index (χ0) is 11.0. The Morgan fingerprint density at radius 3 is 2.62 bits per heavy atom. The molecular formula is C15H17N. The molecular weight excluding hydrogens is 194 g/mol. The quantitative estimate of drug-likeness (QED) is 0.760. The summed E-state index contributed by atoms with van der Waals surface area (Å²) in [6.45, 7) is 3.35. The molecule has 0 aromatic heterocycles. The van der Waals surface area contributed by atoms with E-state index in [9.17, 15) is 0 Å². The Hall–Kier alpha value is -1.34. The molecule has 1 heterocycles. The topological polar surface area (TPSA) is 12.0 Å². The van der Waals surface area contributed by atoms with Gasteiger partial charge in [0.15, 0.2) is 0 Å². The molecule has 0 radical (unpaired) electrons. The SMILES string of the molecule is Cc1ccc([C@H]2CCCN2)c2ccccc12. The summed E-state index contributed by atoms with van der Waals surface area (Å²) in [4.78, 5) is 0. The van der Waals surface area contributed by atoms with Gasteiger partial charge < -0.3 is 5.32 Å². The van der Waals surface area contributed by atoms with Crippen LogP contribution in [0.4, 0.5) is 0 Å². The van der Waals surface area contributed by atoms with Crippen molar-refractivity contribution in [3.63, 3.8) is 0 Å². The monoisotopic (exact) mass is 211 g/mol. The lowest BCUT2D eigenvalue weighted by Crippen LogP contribution is -2.13. The van der Waals surface area contributed by atoms with Crippen LogP contribution in [0, 0.1) is 6.92 Å². The Kier molecular flexibility index (Phi) is 2.41. The summed E-state index contributed by atoms with van der Waals surface area (Å²) in [6, 6.07) is 13.8. The smallest absolute Gasteiger partial charge is 0.0326 e. The predicted molar refractivity (Wildman–Crippen MR) is 68.7 cm³/mol. The van der Waals surface area contributed by atoms with Gasteiger partial charge in [-0.2, -0.15) is 0 Å². The summed E-state index contributed by atoms with van der Waals surface area (Å²) < 4.78 is 0. The van der Waals surface area contributed by atoms with Crippen molar-refractivity contribution in [3.8, 4) is 0 Å². The number of rotatable bonds is 1. The van der Waals surface area contributed by atoms with Crippen molar-refractivity contribution in [2.45, 2.75) is 25.8 Å². The summed E-state index contributed by atoms with van der Waals surface area (Å²) in [5.41, 5.74) is 2.84. The van der Waals surface area contributed by atoms with Gasteiger partial charge in [0.05, 0.1) is 0 Å². The maximum atomic E-state index is 3.58. The molecule has 1 heteroatoms. The standard InChI is InChI=1S/C15H17N/c1-11-8-9-14(15-7-4-10-16-15)13-6-3-2-5-12(11)13/h2-3,5-6,8-9,15-16H,4,7,10H2,1H3/t15-/m1/s1. The van der Waals surface area contributed by atoms with Crippen molar-refractivity contribution in [2.75, 3.05) is 6.54 Å². The van der Waals surface area contributed by atoms with Crippen LogP contribution in [-0.4, -0.2) is 6.54 Å². The largest absolute Gasteiger partial charge is 0.310 e. The van der Waals surface area contributed by atoms with Crippen LogP contribution in [0.1, 0.15) is 30.0 Å². The molecule has 0 unspecified atom stereocenters. The van der Waals surface area contributed by atoms with E-state index < -0.39 is 0 Å². The number of aryl methyl sites for hydroxylation is 1. The fourth-order valence-corrected chi connectivity index (χ4v) is 2.73. The van der Waals surface area contributed by atoms with Crippen molar-refractivity contribution >= 4 is 10.8 Å². The van der Waals surface area contributed by atoms with E-state index in [0.717, 1.165) is 6.54 Å². The average molecular weight is 211 g/mol. The maximum absolute atomic E-state index is 3.58. The Labute approximate surface area is 96.5 Å². The molecule has 3 rings (SSSR count). The molecule has 1 nitrogen and oxygen atoms in total. The minimum absolute atomic E-state index is 0.561. The van der Waals surface area contributed by atoms with Gasteiger partial charge >= 0.3 is 0 Å². The number of benzene rings is 2. The fourth-order valence-electron chi connectivity index (χ4n) is 2.73. The molecule has 1 aliphatic rings. The molecule has 1 atom stereocenters. The third kappa shape index (κ3) is 1.52. The van der Waals surface area contributed by atoms with Crippen LogP contribution in [0.15, 0.2) is 36.4 Å². The van der Waals surface area contributed by atoms with E-state index in [-0.39, 0.29) is 0 Å². The van der Waals surface area contributed by atoms with E-state index in [2.05, 4.69) is 48.6 Å². The zero-order valence-corrected chi connectivity index (χ0v) is 9.66. The van der Waals surface area contributed by atoms with E-state index in [1.54, 1.807) is 0 Å². The number of nitrogens with one attached hydrogen (secondary N) is 1. The highest BCUT2D eigenvalue weighted by Gasteiger charge is 2.18. The normalized spacial score (nSPS) is 20.4. The highest BCUT2D eigenvalue weighted by atomic mass is 14.9. The minimum Gasteiger partial charge on any atom is -0.310 e. The van der Waals surface area contributed by atoms with Crippen molar-refractivity contribution < 1.29 is 0 Å². The zero-order valence-electron chi connectivity index (χ0n) is 9.66. The minimum atomic E-state index is 0.561. The molecule has 0 spiro atoms. The molecule has 2 aromatic rings. The van der Waals surface area contributed by atoms with Crippen molar-refractivity contribution in [1.82, 2.24) is 5.32 Å². The molecule has 0 amide bonds. The van der Waals surface area contributed by atoms with Crippen LogP contribution in [0.25, 0.3) is 10.8 Å². The lowest BCUT2D eigenvalue weighted by atomic mass is 9.95. The van der Waals surface area contributed by atoms with Crippen LogP contribution in [-0.2, 0) is 0 Å². The van der Waals surface area contributed by atoms with Gasteiger partial charge in [0.2, 0.25) is 0 Å². The lowest BCUT2D eigenvalue weighted by Gasteiger charge is -2.15. The van der Waals surface area contributed by atoms with Crippen LogP contribution >= 0.6 is 0 Å². The molecule has 0 saturated carbocycles. The average Bonchev–Trinajstić information content (AvgIpc) is 2.83. The second kappa shape index (κ2) is 3.91. The van der Waals surface area contributed by atoms with E-state index in [4.69, 9.17) is 0 Å². The first-order chi connectivity index (χ1) is 7.86. The van der Waals surface area contributed by atoms with Gasteiger partial charge in [0.25, 0.3) is 0 Å². The second-order valence-electron chi connectivity index (χ2n) is 4.67. The summed E-state index contributed by atoms with van der Waals surface area (Å²) in [5, 5.41) is 6.40. The molecule has 1 aliphatic heterocycles. The van der Waals surface area contributed by atoms with E-state index in [1.165, 1.54) is 34.7 Å². The number of hydrogen-bond donors (Lipinski definition) is 1. The van der Waals surface area contributed by atoms with Gasteiger partial charge in [-0.1, -0.05) is 36.4 Å². The molecule has 1 fully saturated rings. The summed E-state index contributed by atoms with van der Waals surface area (Å²) >= 11 is 0. The molecule has 0 bridgehead atoms. The van der Waals surface area contributed by atoms with Crippen LogP contribution in [0.2, 0.25) is 0 Å².